The first-order valence-corrected chi connectivity index (χ1v) is 5.92. The minimum Gasteiger partial charge on any atom is -0.321 e. The zero-order valence-corrected chi connectivity index (χ0v) is 10.8. The first-order valence-electron chi connectivity index (χ1n) is 5.92. The van der Waals surface area contributed by atoms with E-state index in [1.54, 1.807) is 36.4 Å². The van der Waals surface area contributed by atoms with Gasteiger partial charge in [-0.05, 0) is 38.1 Å². The molecule has 0 atom stereocenters. The van der Waals surface area contributed by atoms with Gasteiger partial charge in [0.05, 0.1) is 11.3 Å². The molecule has 1 aromatic carbocycles. The molecule has 0 aliphatic carbocycles. The number of aromatic nitrogens is 1. The second kappa shape index (κ2) is 5.44. The van der Waals surface area contributed by atoms with E-state index in [0.29, 0.717) is 16.8 Å². The summed E-state index contributed by atoms with van der Waals surface area (Å²) in [5.74, 6) is -0.362. The summed E-state index contributed by atoms with van der Waals surface area (Å²) in [7, 11) is 0. The molecule has 0 aliphatic heterocycles. The molecule has 0 saturated heterocycles. The van der Waals surface area contributed by atoms with Gasteiger partial charge in [0, 0.05) is 17.5 Å². The molecule has 1 N–H and O–H groups in total. The SMILES string of the molecule is CC(=O)c1ccccc1NC(=O)c1ccc(C)nc1. The van der Waals surface area contributed by atoms with Gasteiger partial charge in [-0.25, -0.2) is 0 Å². The number of Topliss-reactive ketones (excluding diaryl/α,β-unsaturated/α-hetero) is 1. The van der Waals surface area contributed by atoms with Gasteiger partial charge >= 0.3 is 0 Å². The summed E-state index contributed by atoms with van der Waals surface area (Å²) in [5, 5.41) is 2.73. The zero-order valence-electron chi connectivity index (χ0n) is 10.8. The van der Waals surface area contributed by atoms with Crippen molar-refractivity contribution < 1.29 is 9.59 Å². The van der Waals surface area contributed by atoms with Gasteiger partial charge < -0.3 is 5.32 Å². The van der Waals surface area contributed by atoms with Crippen molar-refractivity contribution in [3.63, 3.8) is 0 Å². The van der Waals surface area contributed by atoms with Crippen molar-refractivity contribution in [3.8, 4) is 0 Å². The van der Waals surface area contributed by atoms with Crippen LogP contribution >= 0.6 is 0 Å². The number of pyridine rings is 1. The van der Waals surface area contributed by atoms with Gasteiger partial charge in [0.1, 0.15) is 0 Å². The number of aryl methyl sites for hydroxylation is 1. The smallest absolute Gasteiger partial charge is 0.257 e. The van der Waals surface area contributed by atoms with Crippen molar-refractivity contribution in [2.45, 2.75) is 13.8 Å². The largest absolute Gasteiger partial charge is 0.321 e. The molecule has 4 nitrogen and oxygen atoms in total. The van der Waals surface area contributed by atoms with Crippen LogP contribution in [0.2, 0.25) is 0 Å². The minimum atomic E-state index is -0.277. The monoisotopic (exact) mass is 254 g/mol. The van der Waals surface area contributed by atoms with Gasteiger partial charge in [0.25, 0.3) is 5.91 Å². The number of ketones is 1. The standard InChI is InChI=1S/C15H14N2O2/c1-10-7-8-12(9-16-10)15(19)17-14-6-4-3-5-13(14)11(2)18/h3-9H,1-2H3,(H,17,19). The topological polar surface area (TPSA) is 59.1 Å². The Bertz CT molecular complexity index is 618. The molecule has 2 rings (SSSR count). The maximum absolute atomic E-state index is 12.0. The van der Waals surface area contributed by atoms with Crippen LogP contribution in [0.15, 0.2) is 42.6 Å². The summed E-state index contributed by atoms with van der Waals surface area (Å²) in [6.45, 7) is 3.32. The number of hydrogen-bond acceptors (Lipinski definition) is 3. The van der Waals surface area contributed by atoms with Gasteiger partial charge in [-0.3, -0.25) is 14.6 Å². The molecule has 0 saturated carbocycles. The number of nitrogens with one attached hydrogen (secondary N) is 1. The molecule has 0 unspecified atom stereocenters. The Labute approximate surface area is 111 Å². The number of nitrogens with zero attached hydrogens (tertiary/aromatic N) is 1. The Morgan fingerprint density at radius 3 is 2.47 bits per heavy atom. The van der Waals surface area contributed by atoms with E-state index >= 15 is 0 Å². The fourth-order valence-corrected chi connectivity index (χ4v) is 1.70. The molecule has 2 aromatic rings. The maximum Gasteiger partial charge on any atom is 0.257 e. The second-order valence-electron chi connectivity index (χ2n) is 4.24. The number of carbonyl (C=O) groups excluding carboxylic acids is 2. The molecule has 1 amide bonds. The summed E-state index contributed by atoms with van der Waals surface area (Å²) < 4.78 is 0. The van der Waals surface area contributed by atoms with Crippen LogP contribution < -0.4 is 5.32 Å². The molecule has 0 spiro atoms. The zero-order chi connectivity index (χ0) is 13.8. The predicted octanol–water partition coefficient (Wildman–Crippen LogP) is 2.84. The maximum atomic E-state index is 12.0. The second-order valence-corrected chi connectivity index (χ2v) is 4.24. The highest BCUT2D eigenvalue weighted by atomic mass is 16.1. The first-order chi connectivity index (χ1) is 9.08. The third kappa shape index (κ3) is 3.04. The van der Waals surface area contributed by atoms with Crippen LogP contribution in [-0.2, 0) is 0 Å². The first kappa shape index (κ1) is 13.0. The Balaban J connectivity index is 2.24. The third-order valence-corrected chi connectivity index (χ3v) is 2.73. The van der Waals surface area contributed by atoms with Crippen molar-refractivity contribution in [2.75, 3.05) is 5.32 Å². The number of amides is 1. The minimum absolute atomic E-state index is 0.0852. The molecule has 0 fully saturated rings. The number of hydrogen-bond donors (Lipinski definition) is 1. The van der Waals surface area contributed by atoms with Crippen molar-refractivity contribution in [1.29, 1.82) is 0 Å². The van der Waals surface area contributed by atoms with E-state index in [1.807, 2.05) is 6.92 Å². The lowest BCUT2D eigenvalue weighted by Crippen LogP contribution is -2.14. The molecular weight excluding hydrogens is 240 g/mol. The average molecular weight is 254 g/mol. The summed E-state index contributed by atoms with van der Waals surface area (Å²) >= 11 is 0. The van der Waals surface area contributed by atoms with E-state index < -0.39 is 0 Å². The highest BCUT2D eigenvalue weighted by Gasteiger charge is 2.11. The van der Waals surface area contributed by atoms with E-state index in [-0.39, 0.29) is 11.7 Å². The van der Waals surface area contributed by atoms with Crippen LogP contribution in [0.25, 0.3) is 0 Å². The molecule has 1 aromatic heterocycles. The van der Waals surface area contributed by atoms with Crippen molar-refractivity contribution >= 4 is 17.4 Å². The van der Waals surface area contributed by atoms with E-state index in [9.17, 15) is 9.59 Å². The Kier molecular flexibility index (Phi) is 3.71. The summed E-state index contributed by atoms with van der Waals surface area (Å²) in [4.78, 5) is 27.6. The van der Waals surface area contributed by atoms with Crippen LogP contribution in [0.5, 0.6) is 0 Å². The van der Waals surface area contributed by atoms with Crippen LogP contribution in [-0.4, -0.2) is 16.7 Å². The fourth-order valence-electron chi connectivity index (χ4n) is 1.70. The molecule has 96 valence electrons. The highest BCUT2D eigenvalue weighted by Crippen LogP contribution is 2.16. The van der Waals surface area contributed by atoms with E-state index in [4.69, 9.17) is 0 Å². The molecule has 0 radical (unpaired) electrons. The third-order valence-electron chi connectivity index (χ3n) is 2.73. The molecule has 19 heavy (non-hydrogen) atoms. The lowest BCUT2D eigenvalue weighted by Gasteiger charge is -2.08. The Hall–Kier alpha value is -2.49. The van der Waals surface area contributed by atoms with Crippen molar-refractivity contribution in [3.05, 3.63) is 59.4 Å². The van der Waals surface area contributed by atoms with Gasteiger partial charge in [0.15, 0.2) is 5.78 Å². The van der Waals surface area contributed by atoms with Crippen molar-refractivity contribution in [1.82, 2.24) is 4.98 Å². The van der Waals surface area contributed by atoms with E-state index in [1.165, 1.54) is 13.1 Å². The average Bonchev–Trinajstić information content (AvgIpc) is 2.39. The quantitative estimate of drug-likeness (QED) is 0.857. The molecule has 1 heterocycles. The highest BCUT2D eigenvalue weighted by molar-refractivity contribution is 6.08. The summed E-state index contributed by atoms with van der Waals surface area (Å²) in [6.07, 6.45) is 1.51. The Morgan fingerprint density at radius 2 is 1.84 bits per heavy atom. The predicted molar refractivity (Wildman–Crippen MR) is 73.4 cm³/mol. The van der Waals surface area contributed by atoms with Crippen LogP contribution in [0.3, 0.4) is 0 Å². The normalized spacial score (nSPS) is 10.0. The van der Waals surface area contributed by atoms with E-state index in [2.05, 4.69) is 10.3 Å². The lowest BCUT2D eigenvalue weighted by atomic mass is 10.1. The van der Waals surface area contributed by atoms with E-state index in [0.717, 1.165) is 5.69 Å². The van der Waals surface area contributed by atoms with Gasteiger partial charge in [-0.1, -0.05) is 12.1 Å². The molecule has 0 aliphatic rings. The number of anilines is 1. The lowest BCUT2D eigenvalue weighted by molar-refractivity contribution is 0.101. The number of carbonyl (C=O) groups is 2. The van der Waals surface area contributed by atoms with Crippen molar-refractivity contribution in [2.24, 2.45) is 0 Å². The molecule has 0 bridgehead atoms. The van der Waals surface area contributed by atoms with Gasteiger partial charge in [-0.15, -0.1) is 0 Å². The molecule has 4 heteroatoms. The Morgan fingerprint density at radius 1 is 1.11 bits per heavy atom. The molecular formula is C15H14N2O2. The summed E-state index contributed by atoms with van der Waals surface area (Å²) in [5.41, 5.74) is 2.32. The van der Waals surface area contributed by atoms with Gasteiger partial charge in [0.2, 0.25) is 0 Å². The van der Waals surface area contributed by atoms with Crippen LogP contribution in [0.1, 0.15) is 33.3 Å². The van der Waals surface area contributed by atoms with Crippen LogP contribution in [0.4, 0.5) is 5.69 Å². The van der Waals surface area contributed by atoms with Gasteiger partial charge in [-0.2, -0.15) is 0 Å². The summed E-state index contributed by atoms with van der Waals surface area (Å²) in [6, 6.07) is 10.4. The number of para-hydroxylation sites is 1. The number of rotatable bonds is 3. The van der Waals surface area contributed by atoms with Crippen LogP contribution in [0, 0.1) is 6.92 Å². The number of benzene rings is 1. The fraction of sp³-hybridized carbons (Fsp3) is 0.133.